The van der Waals surface area contributed by atoms with E-state index in [4.69, 9.17) is 4.42 Å². The topological polar surface area (TPSA) is 96.5 Å². The van der Waals surface area contributed by atoms with E-state index >= 15 is 0 Å². The summed E-state index contributed by atoms with van der Waals surface area (Å²) in [7, 11) is 0. The molecule has 0 atom stereocenters. The van der Waals surface area contributed by atoms with E-state index in [0.29, 0.717) is 11.3 Å². The van der Waals surface area contributed by atoms with Gasteiger partial charge in [-0.05, 0) is 31.5 Å². The average molecular weight is 363 g/mol. The third kappa shape index (κ3) is 3.01. The van der Waals surface area contributed by atoms with Gasteiger partial charge in [-0.1, -0.05) is 30.3 Å². The Bertz CT molecular complexity index is 1160. The first kappa shape index (κ1) is 16.8. The molecule has 0 fully saturated rings. The van der Waals surface area contributed by atoms with Gasteiger partial charge in [-0.25, -0.2) is 4.98 Å². The molecule has 1 N–H and O–H groups in total. The fraction of sp³-hybridized carbons (Fsp3) is 0.158. The van der Waals surface area contributed by atoms with Gasteiger partial charge in [0.2, 0.25) is 5.95 Å². The predicted molar refractivity (Wildman–Crippen MR) is 98.7 cm³/mol. The summed E-state index contributed by atoms with van der Waals surface area (Å²) in [5, 5.41) is 2.89. The zero-order chi connectivity index (χ0) is 19.0. The van der Waals surface area contributed by atoms with E-state index in [0.717, 1.165) is 5.56 Å². The van der Waals surface area contributed by atoms with Crippen LogP contribution in [0.15, 0.2) is 57.9 Å². The number of benzene rings is 1. The number of nitrogens with zero attached hydrogens (tertiary/aromatic N) is 4. The monoisotopic (exact) mass is 363 g/mol. The molecule has 0 unspecified atom stereocenters. The zero-order valence-electron chi connectivity index (χ0n) is 14.8. The quantitative estimate of drug-likeness (QED) is 0.601. The molecule has 0 spiro atoms. The molecular formula is C19H17N5O3. The first-order valence-electron chi connectivity index (χ1n) is 8.40. The van der Waals surface area contributed by atoms with E-state index in [9.17, 15) is 9.59 Å². The summed E-state index contributed by atoms with van der Waals surface area (Å²) in [6.45, 7) is 3.71. The molecule has 3 heterocycles. The summed E-state index contributed by atoms with van der Waals surface area (Å²) in [4.78, 5) is 35.6. The Balaban J connectivity index is 1.83. The second-order valence-corrected chi connectivity index (χ2v) is 6.16. The highest BCUT2D eigenvalue weighted by molar-refractivity contribution is 6.03. The van der Waals surface area contributed by atoms with Crippen molar-refractivity contribution in [3.63, 3.8) is 0 Å². The summed E-state index contributed by atoms with van der Waals surface area (Å²) in [6, 6.07) is 12.7. The number of amides is 1. The highest BCUT2D eigenvalue weighted by atomic mass is 16.3. The van der Waals surface area contributed by atoms with Gasteiger partial charge in [-0.15, -0.1) is 0 Å². The lowest BCUT2D eigenvalue weighted by Crippen LogP contribution is -2.31. The normalized spacial score (nSPS) is 11.0. The van der Waals surface area contributed by atoms with E-state index in [1.807, 2.05) is 30.3 Å². The maximum atomic E-state index is 13.0. The highest BCUT2D eigenvalue weighted by Crippen LogP contribution is 2.17. The van der Waals surface area contributed by atoms with Crippen LogP contribution in [0.25, 0.3) is 5.78 Å². The minimum Gasteiger partial charge on any atom is -0.459 e. The molecule has 4 aromatic rings. The summed E-state index contributed by atoms with van der Waals surface area (Å²) in [5.74, 6) is 0.238. The Hall–Kier alpha value is -3.68. The fourth-order valence-electron chi connectivity index (χ4n) is 2.76. The number of rotatable bonds is 4. The van der Waals surface area contributed by atoms with Crippen molar-refractivity contribution in [2.24, 2.45) is 0 Å². The van der Waals surface area contributed by atoms with Crippen molar-refractivity contribution in [2.45, 2.75) is 20.4 Å². The molecule has 8 heteroatoms. The van der Waals surface area contributed by atoms with Gasteiger partial charge in [0.15, 0.2) is 5.76 Å². The number of nitrogens with one attached hydrogen (secondary N) is 1. The predicted octanol–water partition coefficient (Wildman–Crippen LogP) is 2.47. The van der Waals surface area contributed by atoms with Crippen LogP contribution >= 0.6 is 0 Å². The second kappa shape index (κ2) is 6.56. The molecule has 0 aliphatic rings. The lowest BCUT2D eigenvalue weighted by atomic mass is 10.2. The number of hydrogen-bond donors (Lipinski definition) is 1. The Morgan fingerprint density at radius 2 is 1.93 bits per heavy atom. The van der Waals surface area contributed by atoms with Crippen LogP contribution in [0.2, 0.25) is 0 Å². The summed E-state index contributed by atoms with van der Waals surface area (Å²) in [6.07, 6.45) is 1.44. The van der Waals surface area contributed by atoms with Crippen molar-refractivity contribution in [3.05, 3.63) is 81.7 Å². The van der Waals surface area contributed by atoms with Crippen molar-refractivity contribution in [1.29, 1.82) is 0 Å². The molecule has 0 bridgehead atoms. The number of aryl methyl sites for hydroxylation is 1. The molecule has 3 aromatic heterocycles. The van der Waals surface area contributed by atoms with Gasteiger partial charge in [-0.2, -0.15) is 9.50 Å². The molecule has 136 valence electrons. The largest absolute Gasteiger partial charge is 0.459 e. The zero-order valence-corrected chi connectivity index (χ0v) is 14.8. The van der Waals surface area contributed by atoms with Crippen molar-refractivity contribution < 1.29 is 9.21 Å². The number of carbonyl (C=O) groups excluding carboxylic acids is 1. The second-order valence-electron chi connectivity index (χ2n) is 6.16. The molecule has 0 radical (unpaired) electrons. The van der Waals surface area contributed by atoms with Crippen molar-refractivity contribution in [3.8, 4) is 0 Å². The Morgan fingerprint density at radius 1 is 1.15 bits per heavy atom. The van der Waals surface area contributed by atoms with Crippen molar-refractivity contribution in [2.75, 3.05) is 4.90 Å². The first-order valence-corrected chi connectivity index (χ1v) is 8.40. The first-order chi connectivity index (χ1) is 13.0. The van der Waals surface area contributed by atoms with Crippen LogP contribution in [0.3, 0.4) is 0 Å². The molecule has 27 heavy (non-hydrogen) atoms. The summed E-state index contributed by atoms with van der Waals surface area (Å²) >= 11 is 0. The van der Waals surface area contributed by atoms with Crippen LogP contribution in [0.5, 0.6) is 0 Å². The SMILES string of the molecule is Cc1nc2nc(N(Cc3ccccc3)C(=O)c3ccco3)[nH]n2c(=O)c1C. The van der Waals surface area contributed by atoms with Crippen LogP contribution in [-0.4, -0.2) is 25.5 Å². The van der Waals surface area contributed by atoms with E-state index in [2.05, 4.69) is 15.1 Å². The van der Waals surface area contributed by atoms with Crippen LogP contribution < -0.4 is 10.5 Å². The van der Waals surface area contributed by atoms with Gasteiger partial charge < -0.3 is 4.42 Å². The molecular weight excluding hydrogens is 346 g/mol. The van der Waals surface area contributed by atoms with Gasteiger partial charge >= 0.3 is 0 Å². The molecule has 0 saturated heterocycles. The number of aromatic amines is 1. The summed E-state index contributed by atoms with van der Waals surface area (Å²) in [5.41, 5.74) is 1.78. The van der Waals surface area contributed by atoms with E-state index < -0.39 is 0 Å². The van der Waals surface area contributed by atoms with Gasteiger partial charge in [0, 0.05) is 11.3 Å². The number of furan rings is 1. The minimum absolute atomic E-state index is 0.180. The Labute approximate surface area is 154 Å². The number of hydrogen-bond acceptors (Lipinski definition) is 5. The number of H-pyrrole nitrogens is 1. The van der Waals surface area contributed by atoms with Crippen molar-refractivity contribution in [1.82, 2.24) is 19.6 Å². The molecule has 0 saturated carbocycles. The fourth-order valence-corrected chi connectivity index (χ4v) is 2.76. The lowest BCUT2D eigenvalue weighted by molar-refractivity contribution is 0.0956. The number of fused-ring (bicyclic) bond motifs is 1. The van der Waals surface area contributed by atoms with Gasteiger partial charge in [0.05, 0.1) is 12.8 Å². The van der Waals surface area contributed by atoms with Crippen LogP contribution in [-0.2, 0) is 6.54 Å². The lowest BCUT2D eigenvalue weighted by Gasteiger charge is -2.18. The Morgan fingerprint density at radius 3 is 2.63 bits per heavy atom. The van der Waals surface area contributed by atoms with E-state index in [1.54, 1.807) is 26.0 Å². The molecule has 0 aliphatic heterocycles. The highest BCUT2D eigenvalue weighted by Gasteiger charge is 2.24. The van der Waals surface area contributed by atoms with Gasteiger partial charge in [-0.3, -0.25) is 19.6 Å². The van der Waals surface area contributed by atoms with Crippen LogP contribution in [0.1, 0.15) is 27.4 Å². The average Bonchev–Trinajstić information content (AvgIpc) is 3.35. The third-order valence-corrected chi connectivity index (χ3v) is 4.37. The van der Waals surface area contributed by atoms with E-state index in [-0.39, 0.29) is 35.5 Å². The van der Waals surface area contributed by atoms with Crippen molar-refractivity contribution >= 4 is 17.6 Å². The molecule has 1 aromatic carbocycles. The number of aromatic nitrogens is 4. The summed E-state index contributed by atoms with van der Waals surface area (Å²) < 4.78 is 6.50. The maximum Gasteiger partial charge on any atom is 0.296 e. The molecule has 1 amide bonds. The number of anilines is 1. The molecule has 0 aliphatic carbocycles. The van der Waals surface area contributed by atoms with Crippen LogP contribution in [0.4, 0.5) is 5.95 Å². The van der Waals surface area contributed by atoms with Crippen LogP contribution in [0, 0.1) is 13.8 Å². The molecule has 8 nitrogen and oxygen atoms in total. The standard InChI is InChI=1S/C19H17N5O3/c1-12-13(2)20-18-21-19(22-24(18)16(12)25)23(11-14-7-4-3-5-8-14)17(26)15-9-6-10-27-15/h3-10H,11H2,1-2H3,(H,20,21,22). The minimum atomic E-state index is -0.371. The smallest absolute Gasteiger partial charge is 0.296 e. The Kier molecular flexibility index (Phi) is 4.08. The van der Waals surface area contributed by atoms with Gasteiger partial charge in [0.25, 0.3) is 17.2 Å². The third-order valence-electron chi connectivity index (χ3n) is 4.37. The van der Waals surface area contributed by atoms with E-state index in [1.165, 1.54) is 15.7 Å². The van der Waals surface area contributed by atoms with Gasteiger partial charge in [0.1, 0.15) is 0 Å². The maximum absolute atomic E-state index is 13.0. The molecule has 4 rings (SSSR count). The number of carbonyl (C=O) groups is 1.